The summed E-state index contributed by atoms with van der Waals surface area (Å²) in [5.74, 6) is 1.28. The Hall–Kier alpha value is -1.92. The van der Waals surface area contributed by atoms with Crippen LogP contribution >= 0.6 is 27.5 Å². The van der Waals surface area contributed by atoms with Crippen molar-refractivity contribution in [3.63, 3.8) is 0 Å². The van der Waals surface area contributed by atoms with Crippen molar-refractivity contribution in [1.82, 2.24) is 5.32 Å². The molecule has 26 heavy (non-hydrogen) atoms. The van der Waals surface area contributed by atoms with Crippen LogP contribution < -0.4 is 19.7 Å². The molecule has 2 aliphatic heterocycles. The van der Waals surface area contributed by atoms with Crippen LogP contribution in [-0.4, -0.2) is 18.9 Å². The highest BCUT2D eigenvalue weighted by atomic mass is 79.9. The van der Waals surface area contributed by atoms with E-state index in [0.29, 0.717) is 22.9 Å². The maximum atomic E-state index is 13.0. The minimum atomic E-state index is -0.851. The number of nitrogens with one attached hydrogen (secondary N) is 1. The van der Waals surface area contributed by atoms with Crippen molar-refractivity contribution < 1.29 is 14.3 Å². The number of hydrogen-bond acceptors (Lipinski definition) is 3. The number of amides is 2. The van der Waals surface area contributed by atoms with Crippen LogP contribution in [0, 0.1) is 6.92 Å². The molecule has 136 valence electrons. The summed E-state index contributed by atoms with van der Waals surface area (Å²) in [6, 6.07) is 8.96. The van der Waals surface area contributed by atoms with E-state index in [-0.39, 0.29) is 12.1 Å². The summed E-state index contributed by atoms with van der Waals surface area (Å²) in [7, 11) is 1.61. The summed E-state index contributed by atoms with van der Waals surface area (Å²) in [5.41, 5.74) is 1.73. The Morgan fingerprint density at radius 2 is 2.15 bits per heavy atom. The van der Waals surface area contributed by atoms with Gasteiger partial charge in [-0.1, -0.05) is 33.6 Å². The zero-order valence-corrected chi connectivity index (χ0v) is 16.9. The Labute approximate surface area is 165 Å². The van der Waals surface area contributed by atoms with Crippen molar-refractivity contribution in [1.29, 1.82) is 0 Å². The fourth-order valence-corrected chi connectivity index (χ4v) is 4.36. The summed E-state index contributed by atoms with van der Waals surface area (Å²) in [6.45, 7) is 3.87. The van der Waals surface area contributed by atoms with E-state index in [1.54, 1.807) is 18.1 Å². The second-order valence-corrected chi connectivity index (χ2v) is 8.13. The Balaban J connectivity index is 1.86. The van der Waals surface area contributed by atoms with Gasteiger partial charge in [-0.2, -0.15) is 0 Å². The lowest BCUT2D eigenvalue weighted by molar-refractivity contribution is 0.0348. The van der Waals surface area contributed by atoms with Gasteiger partial charge in [-0.05, 0) is 43.7 Å². The number of ether oxygens (including phenoxy) is 2. The third-order valence-electron chi connectivity index (χ3n) is 4.93. The molecule has 7 heteroatoms. The number of anilines is 1. The zero-order chi connectivity index (χ0) is 18.6. The van der Waals surface area contributed by atoms with Crippen molar-refractivity contribution in [2.45, 2.75) is 32.0 Å². The molecule has 5 nitrogen and oxygen atoms in total. The molecule has 2 aliphatic rings. The monoisotopic (exact) mass is 436 g/mol. The van der Waals surface area contributed by atoms with Gasteiger partial charge in [-0.15, -0.1) is 0 Å². The quantitative estimate of drug-likeness (QED) is 0.703. The number of halogens is 2. The number of methoxy groups -OCH3 is 1. The van der Waals surface area contributed by atoms with Crippen LogP contribution in [0.15, 0.2) is 34.8 Å². The highest BCUT2D eigenvalue weighted by Gasteiger charge is 2.51. The van der Waals surface area contributed by atoms with Crippen molar-refractivity contribution >= 4 is 39.2 Å². The normalized spacial score (nSPS) is 23.8. The van der Waals surface area contributed by atoms with Gasteiger partial charge in [0.15, 0.2) is 17.2 Å². The molecular weight excluding hydrogens is 420 g/mol. The van der Waals surface area contributed by atoms with Gasteiger partial charge in [0.05, 0.1) is 18.8 Å². The van der Waals surface area contributed by atoms with E-state index in [1.807, 2.05) is 38.1 Å². The third-order valence-corrected chi connectivity index (χ3v) is 5.63. The van der Waals surface area contributed by atoms with Crippen molar-refractivity contribution in [2.75, 3.05) is 12.0 Å². The van der Waals surface area contributed by atoms with E-state index in [2.05, 4.69) is 21.2 Å². The topological polar surface area (TPSA) is 50.8 Å². The fourth-order valence-electron chi connectivity index (χ4n) is 3.74. The smallest absolute Gasteiger partial charge is 0.325 e. The van der Waals surface area contributed by atoms with Gasteiger partial charge in [-0.3, -0.25) is 4.90 Å². The number of carbonyl (C=O) groups is 1. The molecule has 2 atom stereocenters. The number of rotatable bonds is 2. The highest BCUT2D eigenvalue weighted by Crippen LogP contribution is 2.50. The largest absolute Gasteiger partial charge is 0.493 e. The number of aryl methyl sites for hydroxylation is 1. The van der Waals surface area contributed by atoms with Gasteiger partial charge in [0.25, 0.3) is 0 Å². The zero-order valence-electron chi connectivity index (χ0n) is 14.6. The maximum Gasteiger partial charge on any atom is 0.325 e. The standard InChI is InChI=1S/C19H18BrClN2O3/c1-10-4-5-12(21)8-15(10)23-18(24)22-14-9-19(23,2)26-17-13(14)6-11(20)7-16(17)25-3/h4-8,14H,9H2,1-3H3,(H,22,24)/t14-,19+/m1/s1. The van der Waals surface area contributed by atoms with Gasteiger partial charge in [0.1, 0.15) is 0 Å². The summed E-state index contributed by atoms with van der Waals surface area (Å²) < 4.78 is 12.8. The highest BCUT2D eigenvalue weighted by molar-refractivity contribution is 9.10. The van der Waals surface area contributed by atoms with E-state index >= 15 is 0 Å². The molecule has 1 saturated heterocycles. The summed E-state index contributed by atoms with van der Waals surface area (Å²) in [6.07, 6.45) is 0.608. The first-order chi connectivity index (χ1) is 12.3. The first-order valence-corrected chi connectivity index (χ1v) is 9.43. The minimum absolute atomic E-state index is 0.154. The van der Waals surface area contributed by atoms with E-state index < -0.39 is 5.72 Å². The Morgan fingerprint density at radius 1 is 1.38 bits per heavy atom. The van der Waals surface area contributed by atoms with E-state index in [4.69, 9.17) is 21.1 Å². The number of benzene rings is 2. The molecular formula is C19H18BrClN2O3. The average Bonchev–Trinajstić information content (AvgIpc) is 2.57. The lowest BCUT2D eigenvalue weighted by Crippen LogP contribution is -2.65. The molecule has 0 unspecified atom stereocenters. The number of nitrogens with zero attached hydrogens (tertiary/aromatic N) is 1. The first kappa shape index (κ1) is 17.5. The molecule has 4 rings (SSSR count). The maximum absolute atomic E-state index is 13.0. The van der Waals surface area contributed by atoms with Gasteiger partial charge < -0.3 is 14.8 Å². The second-order valence-electron chi connectivity index (χ2n) is 6.78. The van der Waals surface area contributed by atoms with Gasteiger partial charge >= 0.3 is 6.03 Å². The Kier molecular flexibility index (Phi) is 4.08. The number of carbonyl (C=O) groups excluding carboxylic acids is 1. The number of urea groups is 1. The minimum Gasteiger partial charge on any atom is -0.493 e. The first-order valence-electron chi connectivity index (χ1n) is 8.26. The fraction of sp³-hybridized carbons (Fsp3) is 0.316. The summed E-state index contributed by atoms with van der Waals surface area (Å²) in [4.78, 5) is 14.6. The average molecular weight is 438 g/mol. The molecule has 1 fully saturated rings. The van der Waals surface area contributed by atoms with Crippen molar-refractivity contribution in [2.24, 2.45) is 0 Å². The van der Waals surface area contributed by atoms with Crippen LogP contribution in [0.5, 0.6) is 11.5 Å². The molecule has 0 aliphatic carbocycles. The van der Waals surface area contributed by atoms with Crippen LogP contribution in [0.1, 0.15) is 30.5 Å². The van der Waals surface area contributed by atoms with Gasteiger partial charge in [0, 0.05) is 21.5 Å². The molecule has 0 spiro atoms. The summed E-state index contributed by atoms with van der Waals surface area (Å²) in [5, 5.41) is 3.66. The lowest BCUT2D eigenvalue weighted by Gasteiger charge is -2.51. The van der Waals surface area contributed by atoms with Crippen molar-refractivity contribution in [3.05, 3.63) is 51.0 Å². The predicted molar refractivity (Wildman–Crippen MR) is 104 cm³/mol. The molecule has 2 amide bonds. The van der Waals surface area contributed by atoms with E-state index in [9.17, 15) is 4.79 Å². The summed E-state index contributed by atoms with van der Waals surface area (Å²) >= 11 is 9.68. The number of hydrogen-bond donors (Lipinski definition) is 1. The Bertz CT molecular complexity index is 920. The van der Waals surface area contributed by atoms with Crippen LogP contribution in [-0.2, 0) is 0 Å². The van der Waals surface area contributed by atoms with Crippen LogP contribution in [0.3, 0.4) is 0 Å². The van der Waals surface area contributed by atoms with Crippen LogP contribution in [0.4, 0.5) is 10.5 Å². The molecule has 2 aromatic rings. The molecule has 2 heterocycles. The molecule has 0 saturated carbocycles. The molecule has 2 aromatic carbocycles. The number of fused-ring (bicyclic) bond motifs is 4. The van der Waals surface area contributed by atoms with Gasteiger partial charge in [0.2, 0.25) is 0 Å². The van der Waals surface area contributed by atoms with Gasteiger partial charge in [-0.25, -0.2) is 4.79 Å². The predicted octanol–water partition coefficient (Wildman–Crippen LogP) is 5.19. The Morgan fingerprint density at radius 3 is 2.88 bits per heavy atom. The van der Waals surface area contributed by atoms with E-state index in [1.165, 1.54) is 0 Å². The second kappa shape index (κ2) is 6.06. The molecule has 0 aromatic heterocycles. The van der Waals surface area contributed by atoms with E-state index in [0.717, 1.165) is 21.3 Å². The van der Waals surface area contributed by atoms with Crippen LogP contribution in [0.2, 0.25) is 5.02 Å². The van der Waals surface area contributed by atoms with Crippen LogP contribution in [0.25, 0.3) is 0 Å². The van der Waals surface area contributed by atoms with Crippen molar-refractivity contribution in [3.8, 4) is 11.5 Å². The third kappa shape index (κ3) is 2.63. The molecule has 0 radical (unpaired) electrons. The molecule has 2 bridgehead atoms. The SMILES string of the molecule is COc1cc(Br)cc2c1O[C@@]1(C)C[C@H]2NC(=O)N1c1cc(Cl)ccc1C. The molecule has 1 N–H and O–H groups in total. The lowest BCUT2D eigenvalue weighted by atomic mass is 9.89.